The minimum atomic E-state index is 0.412. The standard InChI is InChI=1S/C15H24/c1-12-10-11-15(2,3)14(12)9-8-13-6-4-5-7-13/h8,10-12,14H,4-7,9H2,1-3H3. The molecule has 1 fully saturated rings. The third-order valence-electron chi connectivity index (χ3n) is 4.33. The second-order valence-electron chi connectivity index (χ2n) is 5.95. The van der Waals surface area contributed by atoms with Crippen LogP contribution < -0.4 is 0 Å². The van der Waals surface area contributed by atoms with Crippen LogP contribution in [-0.4, -0.2) is 0 Å². The number of allylic oxidation sites excluding steroid dienone is 4. The van der Waals surface area contributed by atoms with E-state index in [1.165, 1.54) is 32.1 Å². The first kappa shape index (κ1) is 11.0. The van der Waals surface area contributed by atoms with Gasteiger partial charge in [0, 0.05) is 0 Å². The van der Waals surface area contributed by atoms with Crippen LogP contribution in [0.1, 0.15) is 52.9 Å². The molecule has 2 atom stereocenters. The van der Waals surface area contributed by atoms with Gasteiger partial charge in [-0.05, 0) is 49.4 Å². The van der Waals surface area contributed by atoms with Crippen molar-refractivity contribution < 1.29 is 0 Å². The van der Waals surface area contributed by atoms with Crippen LogP contribution >= 0.6 is 0 Å². The summed E-state index contributed by atoms with van der Waals surface area (Å²) in [6.07, 6.45) is 14.2. The average Bonchev–Trinajstić information content (AvgIpc) is 2.74. The molecule has 1 saturated carbocycles. The molecule has 0 radical (unpaired) electrons. The molecular weight excluding hydrogens is 180 g/mol. The molecule has 0 N–H and O–H groups in total. The zero-order valence-electron chi connectivity index (χ0n) is 10.4. The Morgan fingerprint density at radius 3 is 2.53 bits per heavy atom. The van der Waals surface area contributed by atoms with Crippen molar-refractivity contribution in [3.8, 4) is 0 Å². The van der Waals surface area contributed by atoms with Gasteiger partial charge in [0.05, 0.1) is 0 Å². The van der Waals surface area contributed by atoms with Gasteiger partial charge in [0.1, 0.15) is 0 Å². The van der Waals surface area contributed by atoms with E-state index in [1.807, 2.05) is 0 Å². The van der Waals surface area contributed by atoms with E-state index in [-0.39, 0.29) is 0 Å². The Labute approximate surface area is 94.5 Å². The van der Waals surface area contributed by atoms with E-state index in [0.29, 0.717) is 5.41 Å². The van der Waals surface area contributed by atoms with Crippen molar-refractivity contribution in [3.63, 3.8) is 0 Å². The second kappa shape index (κ2) is 4.15. The van der Waals surface area contributed by atoms with Crippen molar-refractivity contribution >= 4 is 0 Å². The molecule has 0 saturated heterocycles. The zero-order valence-corrected chi connectivity index (χ0v) is 10.4. The van der Waals surface area contributed by atoms with Crippen LogP contribution in [0.3, 0.4) is 0 Å². The van der Waals surface area contributed by atoms with E-state index in [4.69, 9.17) is 0 Å². The molecule has 0 aromatic carbocycles. The topological polar surface area (TPSA) is 0 Å². The summed E-state index contributed by atoms with van der Waals surface area (Å²) in [6, 6.07) is 0. The normalized spacial score (nSPS) is 33.7. The van der Waals surface area contributed by atoms with E-state index in [1.54, 1.807) is 5.57 Å². The summed E-state index contributed by atoms with van der Waals surface area (Å²) in [4.78, 5) is 0. The molecular formula is C15H24. The van der Waals surface area contributed by atoms with Crippen LogP contribution in [0.2, 0.25) is 0 Å². The summed E-state index contributed by atoms with van der Waals surface area (Å²) in [5.74, 6) is 1.59. The van der Waals surface area contributed by atoms with Crippen LogP contribution in [-0.2, 0) is 0 Å². The molecule has 0 aromatic rings. The number of rotatable bonds is 2. The Balaban J connectivity index is 1.96. The predicted octanol–water partition coefficient (Wildman–Crippen LogP) is 4.73. The molecule has 0 amide bonds. The third kappa shape index (κ3) is 2.35. The maximum Gasteiger partial charge on any atom is -0.0138 e. The molecule has 2 rings (SSSR count). The van der Waals surface area contributed by atoms with Crippen LogP contribution in [0.5, 0.6) is 0 Å². The van der Waals surface area contributed by atoms with Gasteiger partial charge in [-0.25, -0.2) is 0 Å². The second-order valence-corrected chi connectivity index (χ2v) is 5.95. The van der Waals surface area contributed by atoms with Crippen molar-refractivity contribution in [1.29, 1.82) is 0 Å². The minimum Gasteiger partial charge on any atom is -0.0850 e. The lowest BCUT2D eigenvalue weighted by molar-refractivity contribution is 0.259. The highest BCUT2D eigenvalue weighted by atomic mass is 14.4. The van der Waals surface area contributed by atoms with Gasteiger partial charge in [0.25, 0.3) is 0 Å². The lowest BCUT2D eigenvalue weighted by Gasteiger charge is -2.28. The fourth-order valence-corrected chi connectivity index (χ4v) is 3.18. The molecule has 84 valence electrons. The Morgan fingerprint density at radius 1 is 1.33 bits per heavy atom. The van der Waals surface area contributed by atoms with Crippen LogP contribution in [0, 0.1) is 17.3 Å². The van der Waals surface area contributed by atoms with Crippen LogP contribution in [0.25, 0.3) is 0 Å². The molecule has 0 aromatic heterocycles. The van der Waals surface area contributed by atoms with E-state index in [9.17, 15) is 0 Å². The van der Waals surface area contributed by atoms with Gasteiger partial charge < -0.3 is 0 Å². The van der Waals surface area contributed by atoms with Gasteiger partial charge in [-0.15, -0.1) is 0 Å². The van der Waals surface area contributed by atoms with E-state index in [2.05, 4.69) is 39.0 Å². The summed E-state index contributed by atoms with van der Waals surface area (Å²) in [5.41, 5.74) is 2.14. The van der Waals surface area contributed by atoms with E-state index < -0.39 is 0 Å². The Morgan fingerprint density at radius 2 is 2.00 bits per heavy atom. The lowest BCUT2D eigenvalue weighted by atomic mass is 9.76. The molecule has 2 unspecified atom stereocenters. The van der Waals surface area contributed by atoms with Crippen molar-refractivity contribution in [2.24, 2.45) is 17.3 Å². The highest BCUT2D eigenvalue weighted by Gasteiger charge is 2.34. The summed E-state index contributed by atoms with van der Waals surface area (Å²) < 4.78 is 0. The SMILES string of the molecule is CC1C=CC(C)(C)C1CC=C1CCCC1. The summed E-state index contributed by atoms with van der Waals surface area (Å²) in [6.45, 7) is 7.12. The molecule has 2 aliphatic carbocycles. The first-order valence-electron chi connectivity index (χ1n) is 6.47. The van der Waals surface area contributed by atoms with Crippen molar-refractivity contribution in [3.05, 3.63) is 23.8 Å². The molecule has 0 bridgehead atoms. The summed E-state index contributed by atoms with van der Waals surface area (Å²) in [5, 5.41) is 0. The molecule has 0 spiro atoms. The Bertz CT molecular complexity index is 272. The number of hydrogen-bond acceptors (Lipinski definition) is 0. The Kier molecular flexibility index (Phi) is 3.04. The largest absolute Gasteiger partial charge is 0.0850 e. The van der Waals surface area contributed by atoms with Crippen molar-refractivity contribution in [2.45, 2.75) is 52.9 Å². The van der Waals surface area contributed by atoms with Gasteiger partial charge >= 0.3 is 0 Å². The van der Waals surface area contributed by atoms with Crippen molar-refractivity contribution in [1.82, 2.24) is 0 Å². The third-order valence-corrected chi connectivity index (χ3v) is 4.33. The lowest BCUT2D eigenvalue weighted by Crippen LogP contribution is -2.21. The fourth-order valence-electron chi connectivity index (χ4n) is 3.18. The first-order chi connectivity index (χ1) is 7.09. The highest BCUT2D eigenvalue weighted by molar-refractivity contribution is 5.14. The monoisotopic (exact) mass is 204 g/mol. The minimum absolute atomic E-state index is 0.412. The molecule has 0 heteroatoms. The maximum atomic E-state index is 2.54. The highest BCUT2D eigenvalue weighted by Crippen LogP contribution is 2.43. The average molecular weight is 204 g/mol. The van der Waals surface area contributed by atoms with Crippen LogP contribution in [0.15, 0.2) is 23.8 Å². The van der Waals surface area contributed by atoms with Gasteiger partial charge in [-0.3, -0.25) is 0 Å². The molecule has 15 heavy (non-hydrogen) atoms. The molecule has 0 nitrogen and oxygen atoms in total. The van der Waals surface area contributed by atoms with Gasteiger partial charge in [0.2, 0.25) is 0 Å². The van der Waals surface area contributed by atoms with E-state index >= 15 is 0 Å². The quantitative estimate of drug-likeness (QED) is 0.571. The van der Waals surface area contributed by atoms with Gasteiger partial charge in [0.15, 0.2) is 0 Å². The summed E-state index contributed by atoms with van der Waals surface area (Å²) in [7, 11) is 0. The maximum absolute atomic E-state index is 2.54. The first-order valence-corrected chi connectivity index (χ1v) is 6.47. The Hall–Kier alpha value is -0.520. The molecule has 0 aliphatic heterocycles. The molecule has 2 aliphatic rings. The molecule has 0 heterocycles. The smallest absolute Gasteiger partial charge is 0.0138 e. The predicted molar refractivity (Wildman–Crippen MR) is 66.7 cm³/mol. The van der Waals surface area contributed by atoms with Gasteiger partial charge in [-0.1, -0.05) is 44.6 Å². The fraction of sp³-hybridized carbons (Fsp3) is 0.733. The van der Waals surface area contributed by atoms with Crippen LogP contribution in [0.4, 0.5) is 0 Å². The number of hydrogen-bond donors (Lipinski definition) is 0. The zero-order chi connectivity index (χ0) is 10.9. The van der Waals surface area contributed by atoms with Gasteiger partial charge in [-0.2, -0.15) is 0 Å². The van der Waals surface area contributed by atoms with Crippen molar-refractivity contribution in [2.75, 3.05) is 0 Å². The summed E-state index contributed by atoms with van der Waals surface area (Å²) >= 11 is 0. The van der Waals surface area contributed by atoms with E-state index in [0.717, 1.165) is 11.8 Å².